The summed E-state index contributed by atoms with van der Waals surface area (Å²) in [5.74, 6) is -0.0408. The monoisotopic (exact) mass is 230 g/mol. The van der Waals surface area contributed by atoms with Crippen molar-refractivity contribution in [3.05, 3.63) is 41.0 Å². The molecule has 1 aliphatic heterocycles. The highest BCUT2D eigenvalue weighted by molar-refractivity contribution is 6.02. The lowest BCUT2D eigenvalue weighted by Gasteiger charge is -2.17. The Morgan fingerprint density at radius 1 is 1.29 bits per heavy atom. The Labute approximate surface area is 102 Å². The van der Waals surface area contributed by atoms with Crippen molar-refractivity contribution in [2.24, 2.45) is 0 Å². The molecule has 0 atom stereocenters. The number of hydrogen-bond donors (Lipinski definition) is 2. The number of amides is 1. The number of carbonyl (C=O) groups is 1. The largest absolute Gasteiger partial charge is 0.287 e. The molecule has 0 saturated carbocycles. The van der Waals surface area contributed by atoms with Gasteiger partial charge in [-0.25, -0.2) is 5.43 Å². The first-order valence-electron chi connectivity index (χ1n) is 5.92. The summed E-state index contributed by atoms with van der Waals surface area (Å²) in [6, 6.07) is 8.17. The third kappa shape index (κ3) is 2.24. The quantitative estimate of drug-likeness (QED) is 0.763. The predicted molar refractivity (Wildman–Crippen MR) is 69.2 cm³/mol. The van der Waals surface area contributed by atoms with Gasteiger partial charge in [-0.3, -0.25) is 10.2 Å². The Bertz CT molecular complexity index is 475. The topological polar surface area (TPSA) is 41.1 Å². The first kappa shape index (κ1) is 11.9. The van der Waals surface area contributed by atoms with Crippen LogP contribution in [0.4, 0.5) is 0 Å². The van der Waals surface area contributed by atoms with E-state index in [1.54, 1.807) is 0 Å². The molecule has 3 nitrogen and oxygen atoms in total. The summed E-state index contributed by atoms with van der Waals surface area (Å²) >= 11 is 0. The van der Waals surface area contributed by atoms with E-state index in [0.717, 1.165) is 17.6 Å². The maximum Gasteiger partial charge on any atom is 0.263 e. The summed E-state index contributed by atoms with van der Waals surface area (Å²) in [5, 5.41) is 0. The maximum atomic E-state index is 11.8. The van der Waals surface area contributed by atoms with Crippen molar-refractivity contribution in [3.8, 4) is 0 Å². The van der Waals surface area contributed by atoms with Crippen LogP contribution in [0.25, 0.3) is 6.08 Å². The van der Waals surface area contributed by atoms with Crippen molar-refractivity contribution >= 4 is 12.0 Å². The fourth-order valence-corrected chi connectivity index (χ4v) is 2.03. The summed E-state index contributed by atoms with van der Waals surface area (Å²) in [6.07, 6.45) is 2.95. The second kappa shape index (κ2) is 4.34. The Hall–Kier alpha value is -1.61. The van der Waals surface area contributed by atoms with Crippen LogP contribution in [0.1, 0.15) is 31.9 Å². The van der Waals surface area contributed by atoms with Gasteiger partial charge in [-0.2, -0.15) is 0 Å². The number of hydrogen-bond acceptors (Lipinski definition) is 2. The van der Waals surface area contributed by atoms with Crippen molar-refractivity contribution in [1.29, 1.82) is 0 Å². The molecule has 2 N–H and O–H groups in total. The molecule has 0 aromatic heterocycles. The lowest BCUT2D eigenvalue weighted by atomic mass is 9.92. The van der Waals surface area contributed by atoms with Gasteiger partial charge in [0.15, 0.2) is 0 Å². The number of benzene rings is 1. The van der Waals surface area contributed by atoms with E-state index in [0.29, 0.717) is 0 Å². The van der Waals surface area contributed by atoms with Gasteiger partial charge in [0.1, 0.15) is 0 Å². The van der Waals surface area contributed by atoms with Crippen LogP contribution in [0, 0.1) is 0 Å². The molecule has 1 aromatic rings. The second-order valence-electron chi connectivity index (χ2n) is 4.81. The van der Waals surface area contributed by atoms with Crippen LogP contribution in [-0.4, -0.2) is 11.4 Å². The zero-order valence-corrected chi connectivity index (χ0v) is 10.5. The lowest BCUT2D eigenvalue weighted by Crippen LogP contribution is -2.38. The van der Waals surface area contributed by atoms with Gasteiger partial charge in [-0.1, -0.05) is 31.2 Å². The summed E-state index contributed by atoms with van der Waals surface area (Å²) in [5.41, 5.74) is 8.48. The molecule has 1 aromatic carbocycles. The molecule has 0 spiro atoms. The van der Waals surface area contributed by atoms with Crippen molar-refractivity contribution in [2.75, 3.05) is 0 Å². The highest BCUT2D eigenvalue weighted by Crippen LogP contribution is 2.24. The number of nitrogens with one attached hydrogen (secondary N) is 2. The highest BCUT2D eigenvalue weighted by Gasteiger charge is 2.34. The molecule has 1 saturated heterocycles. The number of rotatable bonds is 2. The Morgan fingerprint density at radius 2 is 2.00 bits per heavy atom. The Balaban J connectivity index is 2.45. The van der Waals surface area contributed by atoms with Crippen LogP contribution in [0.5, 0.6) is 0 Å². The fraction of sp³-hybridized carbons (Fsp3) is 0.357. The van der Waals surface area contributed by atoms with Gasteiger partial charge in [-0.15, -0.1) is 0 Å². The minimum absolute atomic E-state index is 0.0408. The molecule has 1 aliphatic rings. The van der Waals surface area contributed by atoms with Gasteiger partial charge in [-0.05, 0) is 37.5 Å². The third-order valence-corrected chi connectivity index (χ3v) is 3.14. The summed E-state index contributed by atoms with van der Waals surface area (Å²) < 4.78 is 0. The van der Waals surface area contributed by atoms with E-state index in [9.17, 15) is 4.79 Å². The van der Waals surface area contributed by atoms with Gasteiger partial charge in [0.2, 0.25) is 0 Å². The van der Waals surface area contributed by atoms with Gasteiger partial charge >= 0.3 is 0 Å². The van der Waals surface area contributed by atoms with E-state index in [2.05, 4.69) is 23.8 Å². The van der Waals surface area contributed by atoms with Crippen LogP contribution in [-0.2, 0) is 11.2 Å². The molecule has 3 heteroatoms. The zero-order chi connectivity index (χ0) is 12.5. The van der Waals surface area contributed by atoms with Gasteiger partial charge in [0, 0.05) is 5.57 Å². The average molecular weight is 230 g/mol. The van der Waals surface area contributed by atoms with E-state index in [1.165, 1.54) is 5.56 Å². The molecule has 0 aliphatic carbocycles. The molecule has 1 fully saturated rings. The maximum absolute atomic E-state index is 11.8. The van der Waals surface area contributed by atoms with Crippen molar-refractivity contribution in [2.45, 2.75) is 32.7 Å². The van der Waals surface area contributed by atoms with Crippen LogP contribution in [0.2, 0.25) is 0 Å². The molecule has 1 amide bonds. The highest BCUT2D eigenvalue weighted by atomic mass is 16.2. The predicted octanol–water partition coefficient (Wildman–Crippen LogP) is 2.05. The van der Waals surface area contributed by atoms with Gasteiger partial charge < -0.3 is 0 Å². The zero-order valence-electron chi connectivity index (χ0n) is 10.5. The minimum Gasteiger partial charge on any atom is -0.287 e. The fourth-order valence-electron chi connectivity index (χ4n) is 2.03. The van der Waals surface area contributed by atoms with Crippen LogP contribution in [0.3, 0.4) is 0 Å². The lowest BCUT2D eigenvalue weighted by molar-refractivity contribution is -0.116. The standard InChI is InChI=1S/C14H18N2O/c1-4-10-7-5-6-8-11(10)9-12-13(17)15-16-14(12,2)3/h5-9,16H,4H2,1-3H3,(H,15,17)/b12-9+. The van der Waals surface area contributed by atoms with Crippen LogP contribution >= 0.6 is 0 Å². The third-order valence-electron chi connectivity index (χ3n) is 3.14. The van der Waals surface area contributed by atoms with E-state index >= 15 is 0 Å². The van der Waals surface area contributed by atoms with Gasteiger partial charge in [0.05, 0.1) is 5.54 Å². The molecule has 1 heterocycles. The van der Waals surface area contributed by atoms with Crippen molar-refractivity contribution < 1.29 is 4.79 Å². The molecule has 0 bridgehead atoms. The van der Waals surface area contributed by atoms with Crippen molar-refractivity contribution in [1.82, 2.24) is 10.9 Å². The molecule has 90 valence electrons. The molecule has 0 radical (unpaired) electrons. The molecule has 17 heavy (non-hydrogen) atoms. The number of aryl methyl sites for hydroxylation is 1. The van der Waals surface area contributed by atoms with E-state index in [-0.39, 0.29) is 11.4 Å². The van der Waals surface area contributed by atoms with Crippen molar-refractivity contribution in [3.63, 3.8) is 0 Å². The number of hydrazine groups is 1. The molecular weight excluding hydrogens is 212 g/mol. The molecule has 2 rings (SSSR count). The van der Waals surface area contributed by atoms with E-state index < -0.39 is 0 Å². The van der Waals surface area contributed by atoms with Gasteiger partial charge in [0.25, 0.3) is 5.91 Å². The van der Waals surface area contributed by atoms with Crippen LogP contribution < -0.4 is 10.9 Å². The first-order valence-corrected chi connectivity index (χ1v) is 5.92. The van der Waals surface area contributed by atoms with Crippen LogP contribution in [0.15, 0.2) is 29.8 Å². The summed E-state index contributed by atoms with van der Waals surface area (Å²) in [6.45, 7) is 6.10. The molecule has 0 unspecified atom stereocenters. The second-order valence-corrected chi connectivity index (χ2v) is 4.81. The normalized spacial score (nSPS) is 20.6. The first-order chi connectivity index (χ1) is 8.04. The Kier molecular flexibility index (Phi) is 3.03. The summed E-state index contributed by atoms with van der Waals surface area (Å²) in [7, 11) is 0. The number of carbonyl (C=O) groups excluding carboxylic acids is 1. The average Bonchev–Trinajstić information content (AvgIpc) is 2.57. The SMILES string of the molecule is CCc1ccccc1/C=C1\C(=O)NNC1(C)C. The minimum atomic E-state index is -0.321. The summed E-state index contributed by atoms with van der Waals surface area (Å²) in [4.78, 5) is 11.8. The van der Waals surface area contributed by atoms with E-state index in [4.69, 9.17) is 0 Å². The van der Waals surface area contributed by atoms with E-state index in [1.807, 2.05) is 38.1 Å². The Morgan fingerprint density at radius 3 is 2.59 bits per heavy atom. The molecular formula is C14H18N2O. The smallest absolute Gasteiger partial charge is 0.263 e.